The van der Waals surface area contributed by atoms with E-state index in [9.17, 15) is 9.59 Å². The second-order valence-electron chi connectivity index (χ2n) is 7.75. The maximum Gasteiger partial charge on any atom is 0.261 e. The largest absolute Gasteiger partial charge is 0.496 e. The van der Waals surface area contributed by atoms with Gasteiger partial charge in [-0.25, -0.2) is 0 Å². The van der Waals surface area contributed by atoms with E-state index >= 15 is 0 Å². The highest BCUT2D eigenvalue weighted by atomic mass is 16.5. The van der Waals surface area contributed by atoms with Crippen molar-refractivity contribution < 1.29 is 23.8 Å². The first-order chi connectivity index (χ1) is 15.4. The summed E-state index contributed by atoms with van der Waals surface area (Å²) in [7, 11) is 3.10. The van der Waals surface area contributed by atoms with Gasteiger partial charge in [-0.1, -0.05) is 37.3 Å². The van der Waals surface area contributed by atoms with Crippen LogP contribution in [0.3, 0.4) is 0 Å². The van der Waals surface area contributed by atoms with Crippen molar-refractivity contribution in [3.8, 4) is 17.2 Å². The Morgan fingerprint density at radius 3 is 2.09 bits per heavy atom. The van der Waals surface area contributed by atoms with Gasteiger partial charge in [-0.15, -0.1) is 0 Å². The Bertz CT molecular complexity index is 848. The van der Waals surface area contributed by atoms with Crippen LogP contribution in [0.5, 0.6) is 17.2 Å². The Balaban J connectivity index is 2.17. The molecular formula is C25H34N2O5. The molecule has 0 saturated carbocycles. The van der Waals surface area contributed by atoms with Crippen LogP contribution >= 0.6 is 0 Å². The van der Waals surface area contributed by atoms with Crippen molar-refractivity contribution in [1.29, 1.82) is 0 Å². The van der Waals surface area contributed by atoms with Gasteiger partial charge >= 0.3 is 0 Å². The number of amides is 2. The fourth-order valence-corrected chi connectivity index (χ4v) is 3.37. The van der Waals surface area contributed by atoms with E-state index in [0.29, 0.717) is 36.6 Å². The Hall–Kier alpha value is -3.22. The second-order valence-corrected chi connectivity index (χ2v) is 7.75. The molecule has 1 atom stereocenters. The monoisotopic (exact) mass is 442 g/mol. The van der Waals surface area contributed by atoms with Crippen LogP contribution in [0.1, 0.15) is 32.8 Å². The number of benzene rings is 2. The molecule has 0 aliphatic rings. The first kappa shape index (κ1) is 25.0. The molecule has 0 fully saturated rings. The molecule has 32 heavy (non-hydrogen) atoms. The summed E-state index contributed by atoms with van der Waals surface area (Å²) in [5, 5.41) is 2.92. The summed E-state index contributed by atoms with van der Waals surface area (Å²) < 4.78 is 16.3. The average molecular weight is 443 g/mol. The molecule has 7 nitrogen and oxygen atoms in total. The van der Waals surface area contributed by atoms with Gasteiger partial charge in [0.1, 0.15) is 23.3 Å². The molecule has 1 N–H and O–H groups in total. The Morgan fingerprint density at radius 1 is 0.969 bits per heavy atom. The first-order valence-corrected chi connectivity index (χ1v) is 10.9. The fourth-order valence-electron chi connectivity index (χ4n) is 3.37. The highest BCUT2D eigenvalue weighted by molar-refractivity contribution is 5.88. The number of carbonyl (C=O) groups excluding carboxylic acids is 2. The molecule has 2 aromatic rings. The standard InChI is InChI=1S/C25H34N2O5/c1-6-23(25(29)26-18(2)3)27(13-12-19-10-8-7-9-11-19)24(28)17-32-22-15-20(30-4)14-21(16-22)31-5/h7-11,14-16,18,23H,6,12-13,17H2,1-5H3,(H,26,29)/t23-/m0/s1. The van der Waals surface area contributed by atoms with Crippen LogP contribution in [-0.2, 0) is 16.0 Å². The van der Waals surface area contributed by atoms with Gasteiger partial charge in [0.15, 0.2) is 6.61 Å². The Labute approximate surface area is 190 Å². The molecule has 0 bridgehead atoms. The van der Waals surface area contributed by atoms with Crippen molar-refractivity contribution in [2.75, 3.05) is 27.4 Å². The van der Waals surface area contributed by atoms with Crippen molar-refractivity contribution in [2.24, 2.45) is 0 Å². The minimum Gasteiger partial charge on any atom is -0.496 e. The second kappa shape index (κ2) is 12.6. The molecule has 7 heteroatoms. The lowest BCUT2D eigenvalue weighted by molar-refractivity contribution is -0.142. The van der Waals surface area contributed by atoms with Crippen LogP contribution in [-0.4, -0.2) is 56.2 Å². The molecule has 0 unspecified atom stereocenters. The summed E-state index contributed by atoms with van der Waals surface area (Å²) in [4.78, 5) is 27.6. The van der Waals surface area contributed by atoms with Crippen LogP contribution in [0.15, 0.2) is 48.5 Å². The zero-order valence-corrected chi connectivity index (χ0v) is 19.6. The van der Waals surface area contributed by atoms with E-state index in [1.165, 1.54) is 0 Å². The number of hydrogen-bond donors (Lipinski definition) is 1. The quantitative estimate of drug-likeness (QED) is 0.545. The average Bonchev–Trinajstić information content (AvgIpc) is 2.79. The number of ether oxygens (including phenoxy) is 3. The normalized spacial score (nSPS) is 11.6. The van der Waals surface area contributed by atoms with E-state index in [1.807, 2.05) is 51.1 Å². The maximum absolute atomic E-state index is 13.2. The summed E-state index contributed by atoms with van der Waals surface area (Å²) in [6.45, 7) is 5.93. The molecule has 0 radical (unpaired) electrons. The first-order valence-electron chi connectivity index (χ1n) is 10.9. The van der Waals surface area contributed by atoms with Gasteiger partial charge in [0.25, 0.3) is 5.91 Å². The zero-order valence-electron chi connectivity index (χ0n) is 19.6. The van der Waals surface area contributed by atoms with Crippen LogP contribution in [0.25, 0.3) is 0 Å². The highest BCUT2D eigenvalue weighted by Gasteiger charge is 2.29. The predicted molar refractivity (Wildman–Crippen MR) is 124 cm³/mol. The molecule has 0 heterocycles. The number of nitrogens with one attached hydrogen (secondary N) is 1. The molecule has 174 valence electrons. The molecule has 2 aromatic carbocycles. The third-order valence-corrected chi connectivity index (χ3v) is 4.99. The number of methoxy groups -OCH3 is 2. The Kier molecular flexibility index (Phi) is 9.85. The van der Waals surface area contributed by atoms with Gasteiger partial charge in [-0.05, 0) is 32.3 Å². The van der Waals surface area contributed by atoms with Crippen molar-refractivity contribution in [3.63, 3.8) is 0 Å². The summed E-state index contributed by atoms with van der Waals surface area (Å²) in [6, 6.07) is 14.4. The minimum atomic E-state index is -0.572. The highest BCUT2D eigenvalue weighted by Crippen LogP contribution is 2.27. The van der Waals surface area contributed by atoms with E-state index in [2.05, 4.69) is 5.32 Å². The zero-order chi connectivity index (χ0) is 23.5. The summed E-state index contributed by atoms with van der Waals surface area (Å²) in [5.74, 6) is 1.17. The van der Waals surface area contributed by atoms with E-state index < -0.39 is 6.04 Å². The van der Waals surface area contributed by atoms with Crippen LogP contribution < -0.4 is 19.5 Å². The summed E-state index contributed by atoms with van der Waals surface area (Å²) in [5.41, 5.74) is 1.10. The topological polar surface area (TPSA) is 77.1 Å². The third kappa shape index (κ3) is 7.48. The van der Waals surface area contributed by atoms with E-state index in [4.69, 9.17) is 14.2 Å². The van der Waals surface area contributed by atoms with Crippen molar-refractivity contribution >= 4 is 11.8 Å². The van der Waals surface area contributed by atoms with Gasteiger partial charge in [-0.2, -0.15) is 0 Å². The lowest BCUT2D eigenvalue weighted by atomic mass is 10.1. The summed E-state index contributed by atoms with van der Waals surface area (Å²) >= 11 is 0. The number of nitrogens with zero attached hydrogens (tertiary/aromatic N) is 1. The Morgan fingerprint density at radius 2 is 1.56 bits per heavy atom. The molecule has 0 saturated heterocycles. The lowest BCUT2D eigenvalue weighted by Gasteiger charge is -2.31. The van der Waals surface area contributed by atoms with Gasteiger partial charge in [-0.3, -0.25) is 9.59 Å². The maximum atomic E-state index is 13.2. The fraction of sp³-hybridized carbons (Fsp3) is 0.440. The number of rotatable bonds is 12. The molecule has 0 aliphatic carbocycles. The molecule has 2 rings (SSSR count). The predicted octanol–water partition coefficient (Wildman–Crippen LogP) is 3.46. The molecule has 0 aromatic heterocycles. The van der Waals surface area contributed by atoms with Crippen LogP contribution in [0, 0.1) is 0 Å². The van der Waals surface area contributed by atoms with E-state index in [1.54, 1.807) is 37.3 Å². The van der Waals surface area contributed by atoms with Crippen molar-refractivity contribution in [1.82, 2.24) is 10.2 Å². The lowest BCUT2D eigenvalue weighted by Crippen LogP contribution is -2.52. The van der Waals surface area contributed by atoms with Gasteiger partial charge in [0.2, 0.25) is 5.91 Å². The van der Waals surface area contributed by atoms with Gasteiger partial charge in [0, 0.05) is 30.8 Å². The van der Waals surface area contributed by atoms with Gasteiger partial charge < -0.3 is 24.4 Å². The summed E-state index contributed by atoms with van der Waals surface area (Å²) in [6.07, 6.45) is 1.15. The molecule has 2 amide bonds. The minimum absolute atomic E-state index is 0.0110. The van der Waals surface area contributed by atoms with Crippen molar-refractivity contribution in [3.05, 3.63) is 54.1 Å². The molecular weight excluding hydrogens is 408 g/mol. The SMILES string of the molecule is CC[C@@H](C(=O)NC(C)C)N(CCc1ccccc1)C(=O)COc1cc(OC)cc(OC)c1. The molecule has 0 spiro atoms. The molecule has 0 aliphatic heterocycles. The van der Waals surface area contributed by atoms with Crippen LogP contribution in [0.4, 0.5) is 0 Å². The third-order valence-electron chi connectivity index (χ3n) is 4.99. The van der Waals surface area contributed by atoms with Gasteiger partial charge in [0.05, 0.1) is 14.2 Å². The smallest absolute Gasteiger partial charge is 0.261 e. The van der Waals surface area contributed by atoms with E-state index in [0.717, 1.165) is 5.56 Å². The van der Waals surface area contributed by atoms with E-state index in [-0.39, 0.29) is 24.5 Å². The number of carbonyl (C=O) groups is 2. The van der Waals surface area contributed by atoms with Crippen molar-refractivity contribution in [2.45, 2.75) is 45.7 Å². The number of hydrogen-bond acceptors (Lipinski definition) is 5. The van der Waals surface area contributed by atoms with Crippen LogP contribution in [0.2, 0.25) is 0 Å².